The molecule has 0 aliphatic heterocycles. The Kier molecular flexibility index (Phi) is 4.65. The van der Waals surface area contributed by atoms with Crippen LogP contribution in [0.15, 0.2) is 0 Å². The topological polar surface area (TPSA) is 49.0 Å². The first-order valence-electron chi connectivity index (χ1n) is 3.41. The molecule has 0 bridgehead atoms. The highest BCUT2D eigenvalue weighted by atomic mass is 19.4. The normalized spacial score (nSPS) is 11.3. The lowest BCUT2D eigenvalue weighted by atomic mass is 10.3. The van der Waals surface area contributed by atoms with Crippen LogP contribution in [0.1, 0.15) is 12.8 Å². The highest BCUT2D eigenvalue weighted by Crippen LogP contribution is 2.13. The Hall–Kier alpha value is -0.780. The maximum absolute atomic E-state index is 11.5. The lowest BCUT2D eigenvalue weighted by Gasteiger charge is -2.06. The van der Waals surface area contributed by atoms with Gasteiger partial charge in [0, 0.05) is 6.54 Å². The SMILES string of the molecule is [O]CCCCNC(=O)C(F)(F)F. The van der Waals surface area contributed by atoms with E-state index in [1.54, 1.807) is 5.32 Å². The van der Waals surface area contributed by atoms with E-state index < -0.39 is 12.1 Å². The number of amides is 1. The molecule has 1 N–H and O–H groups in total. The molecule has 0 atom stereocenters. The van der Waals surface area contributed by atoms with Crippen LogP contribution in [0.3, 0.4) is 0 Å². The van der Waals surface area contributed by atoms with Crippen LogP contribution in [0, 0.1) is 0 Å². The van der Waals surface area contributed by atoms with Gasteiger partial charge in [-0.25, -0.2) is 5.11 Å². The molecule has 0 saturated heterocycles. The highest BCUT2D eigenvalue weighted by Gasteiger charge is 2.37. The first kappa shape index (κ1) is 11.2. The Bertz CT molecular complexity index is 146. The molecule has 0 unspecified atom stereocenters. The third-order valence-corrected chi connectivity index (χ3v) is 1.11. The molecule has 0 aromatic rings. The van der Waals surface area contributed by atoms with Gasteiger partial charge in [-0.05, 0) is 12.8 Å². The van der Waals surface area contributed by atoms with Crippen molar-refractivity contribution in [2.75, 3.05) is 13.2 Å². The Labute approximate surface area is 67.6 Å². The van der Waals surface area contributed by atoms with Crippen LogP contribution in [0.5, 0.6) is 0 Å². The number of halogens is 3. The van der Waals surface area contributed by atoms with Gasteiger partial charge in [0.25, 0.3) is 0 Å². The van der Waals surface area contributed by atoms with Gasteiger partial charge in [-0.1, -0.05) is 0 Å². The number of rotatable bonds is 4. The summed E-state index contributed by atoms with van der Waals surface area (Å²) in [6.07, 6.45) is -4.26. The second-order valence-corrected chi connectivity index (χ2v) is 2.16. The van der Waals surface area contributed by atoms with Gasteiger partial charge in [0.05, 0.1) is 6.61 Å². The van der Waals surface area contributed by atoms with E-state index in [-0.39, 0.29) is 26.0 Å². The zero-order chi connectivity index (χ0) is 9.61. The second-order valence-electron chi connectivity index (χ2n) is 2.16. The van der Waals surface area contributed by atoms with Crippen LogP contribution in [-0.4, -0.2) is 25.2 Å². The van der Waals surface area contributed by atoms with Crippen LogP contribution in [-0.2, 0) is 9.90 Å². The number of carbonyl (C=O) groups excluding carboxylic acids is 1. The van der Waals surface area contributed by atoms with Crippen molar-refractivity contribution in [3.8, 4) is 0 Å². The van der Waals surface area contributed by atoms with Gasteiger partial charge in [-0.3, -0.25) is 4.79 Å². The van der Waals surface area contributed by atoms with Gasteiger partial charge in [0.15, 0.2) is 0 Å². The van der Waals surface area contributed by atoms with Crippen LogP contribution in [0.4, 0.5) is 13.2 Å². The van der Waals surface area contributed by atoms with Crippen molar-refractivity contribution in [3.05, 3.63) is 0 Å². The van der Waals surface area contributed by atoms with Gasteiger partial charge in [-0.15, -0.1) is 0 Å². The molecule has 1 amide bonds. The number of nitrogens with one attached hydrogen (secondary N) is 1. The average Bonchev–Trinajstić information content (AvgIpc) is 1.96. The second kappa shape index (κ2) is 4.97. The predicted octanol–water partition coefficient (Wildman–Crippen LogP) is 0.876. The summed E-state index contributed by atoms with van der Waals surface area (Å²) in [5.74, 6) is -1.95. The molecule has 71 valence electrons. The summed E-state index contributed by atoms with van der Waals surface area (Å²) in [6, 6.07) is 0. The summed E-state index contributed by atoms with van der Waals surface area (Å²) in [7, 11) is 0. The van der Waals surface area contributed by atoms with E-state index in [0.717, 1.165) is 0 Å². The summed E-state index contributed by atoms with van der Waals surface area (Å²) in [6.45, 7) is -0.428. The molecule has 0 fully saturated rings. The number of alkyl halides is 3. The molecule has 0 aromatic heterocycles. The van der Waals surface area contributed by atoms with Crippen molar-refractivity contribution in [1.82, 2.24) is 5.32 Å². The van der Waals surface area contributed by atoms with Crippen molar-refractivity contribution in [1.29, 1.82) is 0 Å². The average molecular weight is 184 g/mol. The van der Waals surface area contributed by atoms with E-state index in [0.29, 0.717) is 0 Å². The van der Waals surface area contributed by atoms with Crippen molar-refractivity contribution in [2.45, 2.75) is 19.0 Å². The number of hydrogen-bond donors (Lipinski definition) is 1. The molecular formula is C6H9F3NO2. The summed E-state index contributed by atoms with van der Waals surface area (Å²) >= 11 is 0. The molecule has 0 heterocycles. The quantitative estimate of drug-likeness (QED) is 0.647. The monoisotopic (exact) mass is 184 g/mol. The van der Waals surface area contributed by atoms with Gasteiger partial charge < -0.3 is 5.32 Å². The number of carbonyl (C=O) groups is 1. The lowest BCUT2D eigenvalue weighted by Crippen LogP contribution is -2.37. The van der Waals surface area contributed by atoms with Crippen molar-refractivity contribution < 1.29 is 23.1 Å². The minimum Gasteiger partial charge on any atom is -0.348 e. The lowest BCUT2D eigenvalue weighted by molar-refractivity contribution is -0.173. The molecule has 0 aromatic carbocycles. The molecule has 3 nitrogen and oxygen atoms in total. The van der Waals surface area contributed by atoms with Crippen LogP contribution in [0.25, 0.3) is 0 Å². The Morgan fingerprint density at radius 2 is 1.83 bits per heavy atom. The smallest absolute Gasteiger partial charge is 0.348 e. The van der Waals surface area contributed by atoms with Gasteiger partial charge >= 0.3 is 12.1 Å². The van der Waals surface area contributed by atoms with E-state index in [9.17, 15) is 23.1 Å². The zero-order valence-corrected chi connectivity index (χ0v) is 6.28. The van der Waals surface area contributed by atoms with Gasteiger partial charge in [-0.2, -0.15) is 13.2 Å². The van der Waals surface area contributed by atoms with Gasteiger partial charge in [0.2, 0.25) is 0 Å². The zero-order valence-electron chi connectivity index (χ0n) is 6.28. The first-order chi connectivity index (χ1) is 5.48. The molecule has 1 radical (unpaired) electrons. The third kappa shape index (κ3) is 4.95. The standard InChI is InChI=1S/C6H9F3NO2/c7-6(8,9)5(12)10-3-1-2-4-11/h1-4H2,(H,10,12). The fourth-order valence-corrected chi connectivity index (χ4v) is 0.529. The van der Waals surface area contributed by atoms with Crippen molar-refractivity contribution >= 4 is 5.91 Å². The van der Waals surface area contributed by atoms with E-state index in [1.165, 1.54) is 0 Å². The molecule has 0 saturated carbocycles. The van der Waals surface area contributed by atoms with Crippen molar-refractivity contribution in [2.24, 2.45) is 0 Å². The largest absolute Gasteiger partial charge is 0.471 e. The van der Waals surface area contributed by atoms with Crippen LogP contribution < -0.4 is 5.32 Å². The molecule has 12 heavy (non-hydrogen) atoms. The van der Waals surface area contributed by atoms with Crippen LogP contribution >= 0.6 is 0 Å². The minimum atomic E-state index is -4.82. The minimum absolute atomic E-state index is 0.0966. The van der Waals surface area contributed by atoms with Crippen molar-refractivity contribution in [3.63, 3.8) is 0 Å². The number of unbranched alkanes of at least 4 members (excludes halogenated alkanes) is 1. The third-order valence-electron chi connectivity index (χ3n) is 1.11. The fraction of sp³-hybridized carbons (Fsp3) is 0.833. The molecule has 0 aliphatic rings. The molecule has 0 rings (SSSR count). The van der Waals surface area contributed by atoms with Crippen LogP contribution in [0.2, 0.25) is 0 Å². The summed E-state index contributed by atoms with van der Waals surface area (Å²) in [5, 5.41) is 11.5. The van der Waals surface area contributed by atoms with E-state index >= 15 is 0 Å². The molecular weight excluding hydrogens is 175 g/mol. The highest BCUT2D eigenvalue weighted by molar-refractivity contribution is 5.81. The van der Waals surface area contributed by atoms with E-state index in [2.05, 4.69) is 0 Å². The molecule has 0 aliphatic carbocycles. The fourth-order valence-electron chi connectivity index (χ4n) is 0.529. The number of hydrogen-bond acceptors (Lipinski definition) is 1. The van der Waals surface area contributed by atoms with Gasteiger partial charge in [0.1, 0.15) is 0 Å². The maximum atomic E-state index is 11.5. The molecule has 0 spiro atoms. The summed E-state index contributed by atoms with van der Waals surface area (Å²) in [5.41, 5.74) is 0. The Balaban J connectivity index is 3.45. The van der Waals surface area contributed by atoms with E-state index in [4.69, 9.17) is 0 Å². The first-order valence-corrected chi connectivity index (χ1v) is 3.41. The Morgan fingerprint density at radius 1 is 1.25 bits per heavy atom. The molecule has 6 heteroatoms. The van der Waals surface area contributed by atoms with E-state index in [1.807, 2.05) is 0 Å². The summed E-state index contributed by atoms with van der Waals surface area (Å²) in [4.78, 5) is 10.1. The maximum Gasteiger partial charge on any atom is 0.471 e. The summed E-state index contributed by atoms with van der Waals surface area (Å²) < 4.78 is 34.5. The predicted molar refractivity (Wildman–Crippen MR) is 33.9 cm³/mol. The Morgan fingerprint density at radius 3 is 2.25 bits per heavy atom.